The van der Waals surface area contributed by atoms with Crippen molar-refractivity contribution in [3.63, 3.8) is 0 Å². The number of carboxylic acid groups (broad SMARTS) is 1. The summed E-state index contributed by atoms with van der Waals surface area (Å²) in [6.45, 7) is 1.80. The Bertz CT molecular complexity index is 561. The third-order valence-corrected chi connectivity index (χ3v) is 4.11. The summed E-state index contributed by atoms with van der Waals surface area (Å²) in [7, 11) is 0. The normalized spacial score (nSPS) is 22.0. The Morgan fingerprint density at radius 1 is 1.43 bits per heavy atom. The lowest BCUT2D eigenvalue weighted by molar-refractivity contribution is -0.150. The second kappa shape index (κ2) is 5.89. The van der Waals surface area contributed by atoms with Crippen molar-refractivity contribution >= 4 is 29.3 Å². The number of aliphatic carboxylic acids is 1. The zero-order valence-corrected chi connectivity index (χ0v) is 12.3. The number of anilines is 1. The van der Waals surface area contributed by atoms with Gasteiger partial charge in [-0.15, -0.1) is 0 Å². The van der Waals surface area contributed by atoms with Gasteiger partial charge in [0.05, 0.1) is 10.7 Å². The van der Waals surface area contributed by atoms with E-state index in [0.717, 1.165) is 6.42 Å². The van der Waals surface area contributed by atoms with E-state index in [4.69, 9.17) is 11.6 Å². The van der Waals surface area contributed by atoms with Crippen LogP contribution in [0.1, 0.15) is 26.2 Å². The highest BCUT2D eigenvalue weighted by atomic mass is 35.5. The van der Waals surface area contributed by atoms with Crippen LogP contribution in [-0.4, -0.2) is 34.1 Å². The number of carbonyl (C=O) groups excluding carboxylic acids is 1. The van der Waals surface area contributed by atoms with E-state index in [1.165, 1.54) is 30.0 Å². The number of benzene rings is 1. The summed E-state index contributed by atoms with van der Waals surface area (Å²) in [6, 6.07) is 3.39. The maximum Gasteiger partial charge on any atom is 0.329 e. The molecule has 1 heterocycles. The van der Waals surface area contributed by atoms with Gasteiger partial charge in [-0.3, -0.25) is 0 Å². The van der Waals surface area contributed by atoms with E-state index < -0.39 is 23.4 Å². The van der Waals surface area contributed by atoms with Crippen molar-refractivity contribution in [2.75, 3.05) is 11.9 Å². The molecule has 2 N–H and O–H groups in total. The first-order valence-electron chi connectivity index (χ1n) is 6.62. The van der Waals surface area contributed by atoms with E-state index >= 15 is 0 Å². The number of nitrogens with zero attached hydrogens (tertiary/aromatic N) is 1. The van der Waals surface area contributed by atoms with Gasteiger partial charge in [0.1, 0.15) is 11.4 Å². The average molecular weight is 315 g/mol. The van der Waals surface area contributed by atoms with Crippen LogP contribution in [0.5, 0.6) is 0 Å². The number of hydrogen-bond acceptors (Lipinski definition) is 2. The van der Waals surface area contributed by atoms with Crippen molar-refractivity contribution in [3.05, 3.63) is 29.0 Å². The van der Waals surface area contributed by atoms with E-state index in [-0.39, 0.29) is 10.7 Å². The summed E-state index contributed by atoms with van der Waals surface area (Å²) < 4.78 is 13.7. The molecular weight excluding hydrogens is 299 g/mol. The summed E-state index contributed by atoms with van der Waals surface area (Å²) >= 11 is 5.86. The molecule has 1 aromatic carbocycles. The smallest absolute Gasteiger partial charge is 0.329 e. The first-order valence-corrected chi connectivity index (χ1v) is 7.00. The zero-order chi connectivity index (χ0) is 15.6. The summed E-state index contributed by atoms with van der Waals surface area (Å²) in [6.07, 6.45) is 1.80. The number of amides is 2. The van der Waals surface area contributed by atoms with Crippen LogP contribution in [0.4, 0.5) is 14.9 Å². The van der Waals surface area contributed by atoms with E-state index in [0.29, 0.717) is 19.4 Å². The van der Waals surface area contributed by atoms with Gasteiger partial charge < -0.3 is 15.3 Å². The van der Waals surface area contributed by atoms with Crippen LogP contribution in [0.3, 0.4) is 0 Å². The lowest BCUT2D eigenvalue weighted by atomic mass is 9.89. The average Bonchev–Trinajstić information content (AvgIpc) is 2.43. The van der Waals surface area contributed by atoms with Gasteiger partial charge in [-0.1, -0.05) is 17.7 Å². The molecule has 0 aliphatic carbocycles. The molecule has 1 fully saturated rings. The lowest BCUT2D eigenvalue weighted by Gasteiger charge is -2.41. The first-order chi connectivity index (χ1) is 9.86. The fourth-order valence-electron chi connectivity index (χ4n) is 2.46. The van der Waals surface area contributed by atoms with Gasteiger partial charge in [-0.05, 0) is 38.3 Å². The molecule has 1 saturated heterocycles. The Labute approximate surface area is 126 Å². The molecule has 7 heteroatoms. The van der Waals surface area contributed by atoms with Crippen LogP contribution >= 0.6 is 11.6 Å². The SMILES string of the molecule is CC1(C(=O)O)CCCCN1C(=O)Nc1c(F)cccc1Cl. The minimum Gasteiger partial charge on any atom is -0.480 e. The number of rotatable bonds is 2. The van der Waals surface area contributed by atoms with Crippen LogP contribution < -0.4 is 5.32 Å². The van der Waals surface area contributed by atoms with Crippen molar-refractivity contribution in [2.24, 2.45) is 0 Å². The number of piperidine rings is 1. The number of carboxylic acids is 1. The molecule has 0 saturated carbocycles. The minimum absolute atomic E-state index is 0.0670. The van der Waals surface area contributed by atoms with Gasteiger partial charge in [0.25, 0.3) is 0 Å². The molecule has 5 nitrogen and oxygen atoms in total. The Morgan fingerprint density at radius 3 is 2.76 bits per heavy atom. The molecule has 1 aliphatic heterocycles. The zero-order valence-electron chi connectivity index (χ0n) is 11.5. The number of likely N-dealkylation sites (tertiary alicyclic amines) is 1. The van der Waals surface area contributed by atoms with Crippen molar-refractivity contribution in [1.29, 1.82) is 0 Å². The number of carbonyl (C=O) groups is 2. The maximum atomic E-state index is 13.7. The molecule has 2 amide bonds. The van der Waals surface area contributed by atoms with E-state index in [1.54, 1.807) is 0 Å². The second-order valence-electron chi connectivity index (χ2n) is 5.21. The van der Waals surface area contributed by atoms with Gasteiger partial charge in [0, 0.05) is 6.54 Å². The fourth-order valence-corrected chi connectivity index (χ4v) is 2.67. The van der Waals surface area contributed by atoms with E-state index in [2.05, 4.69) is 5.32 Å². The number of urea groups is 1. The summed E-state index contributed by atoms with van der Waals surface area (Å²) in [5.74, 6) is -1.73. The van der Waals surface area contributed by atoms with E-state index in [9.17, 15) is 19.1 Å². The molecular formula is C14H16ClFN2O3. The van der Waals surface area contributed by atoms with E-state index in [1.807, 2.05) is 0 Å². The van der Waals surface area contributed by atoms with Crippen LogP contribution in [0.2, 0.25) is 5.02 Å². The molecule has 0 spiro atoms. The molecule has 114 valence electrons. The van der Waals surface area contributed by atoms with Gasteiger partial charge >= 0.3 is 12.0 Å². The summed E-state index contributed by atoms with van der Waals surface area (Å²) in [5, 5.41) is 11.8. The Kier molecular flexibility index (Phi) is 4.37. The number of hydrogen-bond donors (Lipinski definition) is 2. The van der Waals surface area contributed by atoms with Gasteiger partial charge in [0.15, 0.2) is 0 Å². The van der Waals surface area contributed by atoms with Crippen LogP contribution in [0, 0.1) is 5.82 Å². The Hall–Kier alpha value is -1.82. The Balaban J connectivity index is 2.24. The molecule has 0 radical (unpaired) electrons. The maximum absolute atomic E-state index is 13.7. The monoisotopic (exact) mass is 314 g/mol. The van der Waals surface area contributed by atoms with Crippen LogP contribution in [0.15, 0.2) is 18.2 Å². The van der Waals surface area contributed by atoms with Crippen molar-refractivity contribution in [1.82, 2.24) is 4.90 Å². The molecule has 21 heavy (non-hydrogen) atoms. The third-order valence-electron chi connectivity index (χ3n) is 3.79. The fraction of sp³-hybridized carbons (Fsp3) is 0.429. The summed E-state index contributed by atoms with van der Waals surface area (Å²) in [4.78, 5) is 25.0. The Morgan fingerprint density at radius 2 is 2.14 bits per heavy atom. The van der Waals surface area contributed by atoms with Crippen LogP contribution in [0.25, 0.3) is 0 Å². The molecule has 0 aromatic heterocycles. The molecule has 2 rings (SSSR count). The molecule has 0 bridgehead atoms. The number of nitrogens with one attached hydrogen (secondary N) is 1. The largest absolute Gasteiger partial charge is 0.480 e. The quantitative estimate of drug-likeness (QED) is 0.879. The van der Waals surface area contributed by atoms with Gasteiger partial charge in [0.2, 0.25) is 0 Å². The van der Waals surface area contributed by atoms with Crippen LogP contribution in [-0.2, 0) is 4.79 Å². The summed E-state index contributed by atoms with van der Waals surface area (Å²) in [5.41, 5.74) is -1.43. The second-order valence-corrected chi connectivity index (χ2v) is 5.62. The van der Waals surface area contributed by atoms with Crippen molar-refractivity contribution in [2.45, 2.75) is 31.7 Å². The van der Waals surface area contributed by atoms with Crippen molar-refractivity contribution < 1.29 is 19.1 Å². The van der Waals surface area contributed by atoms with Gasteiger partial charge in [-0.25, -0.2) is 14.0 Å². The first kappa shape index (κ1) is 15.6. The van der Waals surface area contributed by atoms with Crippen molar-refractivity contribution in [3.8, 4) is 0 Å². The lowest BCUT2D eigenvalue weighted by Crippen LogP contribution is -2.58. The predicted molar refractivity (Wildman–Crippen MR) is 77.0 cm³/mol. The highest BCUT2D eigenvalue weighted by Crippen LogP contribution is 2.30. The topological polar surface area (TPSA) is 69.6 Å². The number of para-hydroxylation sites is 1. The molecule has 1 aromatic rings. The third kappa shape index (κ3) is 2.95. The van der Waals surface area contributed by atoms with Gasteiger partial charge in [-0.2, -0.15) is 0 Å². The predicted octanol–water partition coefficient (Wildman–Crippen LogP) is 3.34. The molecule has 1 atom stereocenters. The highest BCUT2D eigenvalue weighted by molar-refractivity contribution is 6.33. The standard InChI is InChI=1S/C14H16ClFN2O3/c1-14(12(19)20)7-2-3-8-18(14)13(21)17-11-9(15)5-4-6-10(11)16/h4-6H,2-3,7-8H2,1H3,(H,17,21)(H,19,20). The number of halogens is 2. The molecule has 1 aliphatic rings. The highest BCUT2D eigenvalue weighted by Gasteiger charge is 2.44. The molecule has 1 unspecified atom stereocenters. The minimum atomic E-state index is -1.29.